The molecule has 0 bridgehead atoms. The van der Waals surface area contributed by atoms with Gasteiger partial charge in [0, 0.05) is 18.0 Å². The second-order valence-electron chi connectivity index (χ2n) is 6.48. The summed E-state index contributed by atoms with van der Waals surface area (Å²) in [6, 6.07) is 6.82. The number of hydrogen-bond donors (Lipinski definition) is 1. The lowest BCUT2D eigenvalue weighted by molar-refractivity contribution is -0.148. The molecule has 0 fully saturated rings. The van der Waals surface area contributed by atoms with Gasteiger partial charge in [-0.25, -0.2) is 4.79 Å². The molecule has 118 valence electrons. The van der Waals surface area contributed by atoms with Crippen molar-refractivity contribution < 1.29 is 19.1 Å². The number of likely N-dealkylation sites (N-methyl/N-ethyl adjacent to an activating group) is 1. The third-order valence-corrected chi connectivity index (χ3v) is 4.11. The normalized spacial score (nSPS) is 22.1. The number of nitrogens with zero attached hydrogens (tertiary/aromatic N) is 1. The largest absolute Gasteiger partial charge is 0.432 e. The van der Waals surface area contributed by atoms with Crippen LogP contribution in [0.2, 0.25) is 0 Å². The molecule has 2 amide bonds. The summed E-state index contributed by atoms with van der Waals surface area (Å²) in [5.41, 5.74) is 3.66. The lowest BCUT2D eigenvalue weighted by Crippen LogP contribution is -2.59. The number of anilines is 1. The molecule has 22 heavy (non-hydrogen) atoms. The molecular formula is C16H20N2O4. The molecule has 2 N–H and O–H groups in total. The molecule has 6 nitrogen and oxygen atoms in total. The van der Waals surface area contributed by atoms with E-state index in [0.29, 0.717) is 11.3 Å². The minimum absolute atomic E-state index is 0.236. The van der Waals surface area contributed by atoms with Crippen molar-refractivity contribution in [2.24, 2.45) is 11.1 Å². The molecule has 6 heteroatoms. The van der Waals surface area contributed by atoms with Crippen LogP contribution in [0.3, 0.4) is 0 Å². The van der Waals surface area contributed by atoms with Crippen molar-refractivity contribution in [2.75, 3.05) is 11.9 Å². The van der Waals surface area contributed by atoms with Gasteiger partial charge < -0.3 is 15.4 Å². The zero-order valence-electron chi connectivity index (χ0n) is 13.2. The average molecular weight is 304 g/mol. The van der Waals surface area contributed by atoms with Crippen LogP contribution in [-0.4, -0.2) is 30.4 Å². The highest BCUT2D eigenvalue weighted by atomic mass is 16.6. The molecule has 1 aliphatic rings. The highest BCUT2D eigenvalue weighted by Crippen LogP contribution is 2.43. The number of ketones is 1. The molecule has 1 aromatic rings. The highest BCUT2D eigenvalue weighted by Gasteiger charge is 2.56. The van der Waals surface area contributed by atoms with Gasteiger partial charge in [0.2, 0.25) is 5.60 Å². The van der Waals surface area contributed by atoms with Gasteiger partial charge in [-0.05, 0) is 12.1 Å². The van der Waals surface area contributed by atoms with E-state index in [1.807, 2.05) is 0 Å². The lowest BCUT2D eigenvalue weighted by Gasteiger charge is -2.42. The zero-order chi connectivity index (χ0) is 16.7. The fourth-order valence-corrected chi connectivity index (χ4v) is 2.77. The van der Waals surface area contributed by atoms with Crippen LogP contribution in [0.1, 0.15) is 37.6 Å². The molecule has 2 rings (SSSR count). The molecule has 1 aromatic carbocycles. The van der Waals surface area contributed by atoms with Crippen molar-refractivity contribution in [1.29, 1.82) is 0 Å². The molecule has 1 atom stereocenters. The van der Waals surface area contributed by atoms with Crippen LogP contribution >= 0.6 is 0 Å². The van der Waals surface area contributed by atoms with Crippen LogP contribution in [0.5, 0.6) is 0 Å². The van der Waals surface area contributed by atoms with Gasteiger partial charge in [0.1, 0.15) is 0 Å². The third kappa shape index (κ3) is 2.34. The van der Waals surface area contributed by atoms with Gasteiger partial charge in [-0.15, -0.1) is 0 Å². The maximum atomic E-state index is 13.0. The van der Waals surface area contributed by atoms with Crippen LogP contribution in [-0.2, 0) is 9.53 Å². The Hall–Kier alpha value is -2.37. The Morgan fingerprint density at radius 1 is 1.27 bits per heavy atom. The number of nitrogens with two attached hydrogens (primary N) is 1. The number of hydrogen-bond acceptors (Lipinski definition) is 4. The fraction of sp³-hybridized carbons (Fsp3) is 0.438. The Morgan fingerprint density at radius 3 is 2.41 bits per heavy atom. The maximum absolute atomic E-state index is 13.0. The van der Waals surface area contributed by atoms with E-state index < -0.39 is 23.0 Å². The molecule has 0 spiro atoms. The summed E-state index contributed by atoms with van der Waals surface area (Å²) in [5.74, 6) is -0.721. The number of carbonyl (C=O) groups is 3. The number of Topliss-reactive ketones (excluding diaryl/α,β-unsaturated/α-hetero) is 1. The van der Waals surface area contributed by atoms with E-state index in [9.17, 15) is 14.4 Å². The van der Waals surface area contributed by atoms with Gasteiger partial charge >= 0.3 is 6.09 Å². The zero-order valence-corrected chi connectivity index (χ0v) is 13.2. The van der Waals surface area contributed by atoms with E-state index in [-0.39, 0.29) is 12.2 Å². The second-order valence-corrected chi connectivity index (χ2v) is 6.48. The number of fused-ring (bicyclic) bond motifs is 1. The number of benzene rings is 1. The number of rotatable bonds is 1. The predicted molar refractivity (Wildman–Crippen MR) is 81.7 cm³/mol. The van der Waals surface area contributed by atoms with Gasteiger partial charge in [0.25, 0.3) is 5.91 Å². The number of primary amides is 1. The first-order chi connectivity index (χ1) is 10.1. The first kappa shape index (κ1) is 16.0. The van der Waals surface area contributed by atoms with Gasteiger partial charge in [0.05, 0.1) is 12.1 Å². The summed E-state index contributed by atoms with van der Waals surface area (Å²) in [4.78, 5) is 38.4. The van der Waals surface area contributed by atoms with Crippen LogP contribution in [0.25, 0.3) is 0 Å². The summed E-state index contributed by atoms with van der Waals surface area (Å²) in [5, 5.41) is 0. The van der Waals surface area contributed by atoms with Gasteiger partial charge in [-0.3, -0.25) is 9.59 Å². The first-order valence-electron chi connectivity index (χ1n) is 6.99. The summed E-state index contributed by atoms with van der Waals surface area (Å²) in [6.07, 6.45) is -1.31. The highest BCUT2D eigenvalue weighted by molar-refractivity contribution is 6.14. The quantitative estimate of drug-likeness (QED) is 0.860. The second kappa shape index (κ2) is 5.12. The van der Waals surface area contributed by atoms with Crippen LogP contribution in [0, 0.1) is 5.41 Å². The molecule has 0 saturated carbocycles. The molecule has 1 unspecified atom stereocenters. The van der Waals surface area contributed by atoms with Crippen molar-refractivity contribution in [3.8, 4) is 0 Å². The molecule has 0 saturated heterocycles. The van der Waals surface area contributed by atoms with Crippen molar-refractivity contribution in [3.63, 3.8) is 0 Å². The average Bonchev–Trinajstić information content (AvgIpc) is 2.49. The topological polar surface area (TPSA) is 89.7 Å². The molecular weight excluding hydrogens is 284 g/mol. The van der Waals surface area contributed by atoms with E-state index in [4.69, 9.17) is 10.5 Å². The number of ether oxygens (including phenoxy) is 1. The van der Waals surface area contributed by atoms with Crippen LogP contribution in [0.15, 0.2) is 24.3 Å². The maximum Gasteiger partial charge on any atom is 0.405 e. The summed E-state index contributed by atoms with van der Waals surface area (Å²) in [7, 11) is 1.56. The third-order valence-electron chi connectivity index (χ3n) is 4.11. The summed E-state index contributed by atoms with van der Waals surface area (Å²) >= 11 is 0. The molecule has 0 aromatic heterocycles. The number of para-hydroxylation sites is 1. The minimum Gasteiger partial charge on any atom is -0.432 e. The van der Waals surface area contributed by atoms with E-state index >= 15 is 0 Å². The Labute approximate surface area is 129 Å². The van der Waals surface area contributed by atoms with Gasteiger partial charge in [0.15, 0.2) is 5.78 Å². The molecule has 0 aliphatic carbocycles. The monoisotopic (exact) mass is 304 g/mol. The molecule has 0 radical (unpaired) electrons. The SMILES string of the molecule is CN1C(=O)C(OC(N)=O)(C(C)(C)C)CC(=O)c2ccccc21. The Balaban J connectivity index is 2.67. The number of carbonyl (C=O) groups excluding carboxylic acids is 3. The lowest BCUT2D eigenvalue weighted by atomic mass is 9.72. The Morgan fingerprint density at radius 2 is 1.86 bits per heavy atom. The van der Waals surface area contributed by atoms with Crippen LogP contribution in [0.4, 0.5) is 10.5 Å². The summed E-state index contributed by atoms with van der Waals surface area (Å²) < 4.78 is 5.23. The summed E-state index contributed by atoms with van der Waals surface area (Å²) in [6.45, 7) is 5.22. The van der Waals surface area contributed by atoms with Crippen molar-refractivity contribution in [3.05, 3.63) is 29.8 Å². The first-order valence-corrected chi connectivity index (χ1v) is 6.99. The van der Waals surface area contributed by atoms with E-state index in [0.717, 1.165) is 0 Å². The van der Waals surface area contributed by atoms with Crippen molar-refractivity contribution >= 4 is 23.5 Å². The Bertz CT molecular complexity index is 648. The smallest absolute Gasteiger partial charge is 0.405 e. The van der Waals surface area contributed by atoms with Gasteiger partial charge in [-0.2, -0.15) is 0 Å². The molecule has 1 aliphatic heterocycles. The molecule has 1 heterocycles. The van der Waals surface area contributed by atoms with E-state index in [1.165, 1.54) is 4.90 Å². The Kier molecular flexibility index (Phi) is 3.73. The standard InChI is InChI=1S/C16H20N2O4/c1-15(2,3)16(22-14(17)21)9-12(19)10-7-5-6-8-11(10)18(4)13(16)20/h5-8H,9H2,1-4H3,(H2,17,21). The van der Waals surface area contributed by atoms with E-state index in [2.05, 4.69) is 0 Å². The van der Waals surface area contributed by atoms with Crippen LogP contribution < -0.4 is 10.6 Å². The minimum atomic E-state index is -1.64. The van der Waals surface area contributed by atoms with E-state index in [1.54, 1.807) is 52.1 Å². The number of amides is 2. The van der Waals surface area contributed by atoms with Gasteiger partial charge in [-0.1, -0.05) is 32.9 Å². The van der Waals surface area contributed by atoms with Crippen molar-refractivity contribution in [1.82, 2.24) is 0 Å². The van der Waals surface area contributed by atoms with Crippen molar-refractivity contribution in [2.45, 2.75) is 32.8 Å². The fourth-order valence-electron chi connectivity index (χ4n) is 2.77. The predicted octanol–water partition coefficient (Wildman–Crippen LogP) is 2.12.